The van der Waals surface area contributed by atoms with E-state index in [1.807, 2.05) is 36.1 Å². The summed E-state index contributed by atoms with van der Waals surface area (Å²) in [5.74, 6) is 0.959. The summed E-state index contributed by atoms with van der Waals surface area (Å²) in [5.41, 5.74) is 6.60. The molecular weight excluding hydrogens is 386 g/mol. The largest absolute Gasteiger partial charge is 0.496 e. The molecular formula is C26H25N3O2. The van der Waals surface area contributed by atoms with Crippen LogP contribution in [-0.2, 0) is 17.6 Å². The van der Waals surface area contributed by atoms with Gasteiger partial charge in [-0.15, -0.1) is 0 Å². The van der Waals surface area contributed by atoms with Gasteiger partial charge in [0.25, 0.3) is 0 Å². The number of rotatable bonds is 4. The number of H-pyrrole nitrogens is 1. The number of carbonyl (C=O) groups is 1. The molecule has 0 aliphatic carbocycles. The molecule has 156 valence electrons. The Bertz CT molecular complexity index is 1250. The molecule has 0 bridgehead atoms. The van der Waals surface area contributed by atoms with Gasteiger partial charge in [-0.25, -0.2) is 0 Å². The number of methoxy groups -OCH3 is 1. The Morgan fingerprint density at radius 3 is 2.84 bits per heavy atom. The zero-order valence-corrected chi connectivity index (χ0v) is 17.8. The maximum Gasteiger partial charge on any atom is 0.227 e. The molecule has 1 aliphatic heterocycles. The third-order valence-corrected chi connectivity index (χ3v) is 6.17. The van der Waals surface area contributed by atoms with Crippen molar-refractivity contribution in [3.05, 3.63) is 94.9 Å². The van der Waals surface area contributed by atoms with Crippen molar-refractivity contribution in [1.82, 2.24) is 14.9 Å². The van der Waals surface area contributed by atoms with Gasteiger partial charge in [-0.05, 0) is 59.9 Å². The average molecular weight is 412 g/mol. The van der Waals surface area contributed by atoms with Gasteiger partial charge in [0.2, 0.25) is 5.91 Å². The van der Waals surface area contributed by atoms with E-state index in [1.54, 1.807) is 19.5 Å². The predicted molar refractivity (Wildman–Crippen MR) is 121 cm³/mol. The quantitative estimate of drug-likeness (QED) is 0.534. The SMILES string of the molecule is COc1ccc([C@@H]2c3[nH]c4ccccc4c3CCN2C(=O)Cc2cccnc2)cc1C. The van der Waals surface area contributed by atoms with Crippen molar-refractivity contribution in [3.63, 3.8) is 0 Å². The van der Waals surface area contributed by atoms with Crippen LogP contribution in [0.4, 0.5) is 0 Å². The maximum atomic E-state index is 13.4. The van der Waals surface area contributed by atoms with Crippen LogP contribution in [0.5, 0.6) is 5.75 Å². The lowest BCUT2D eigenvalue weighted by Crippen LogP contribution is -2.41. The monoisotopic (exact) mass is 411 g/mol. The van der Waals surface area contributed by atoms with Gasteiger partial charge in [0, 0.05) is 35.5 Å². The van der Waals surface area contributed by atoms with Crippen molar-refractivity contribution in [1.29, 1.82) is 0 Å². The Hall–Kier alpha value is -3.60. The highest BCUT2D eigenvalue weighted by Crippen LogP contribution is 2.39. The number of aromatic nitrogens is 2. The van der Waals surface area contributed by atoms with Crippen molar-refractivity contribution in [2.75, 3.05) is 13.7 Å². The van der Waals surface area contributed by atoms with Gasteiger partial charge >= 0.3 is 0 Å². The lowest BCUT2D eigenvalue weighted by atomic mass is 9.91. The van der Waals surface area contributed by atoms with Gasteiger partial charge in [0.05, 0.1) is 19.6 Å². The Kier molecular flexibility index (Phi) is 4.94. The second-order valence-electron chi connectivity index (χ2n) is 8.07. The number of hydrogen-bond donors (Lipinski definition) is 1. The zero-order chi connectivity index (χ0) is 21.4. The van der Waals surface area contributed by atoms with Crippen LogP contribution in [0, 0.1) is 6.92 Å². The summed E-state index contributed by atoms with van der Waals surface area (Å²) in [6, 6.07) is 18.2. The number of benzene rings is 2. The van der Waals surface area contributed by atoms with Crippen LogP contribution in [0.1, 0.15) is 34.0 Å². The van der Waals surface area contributed by atoms with E-state index in [-0.39, 0.29) is 11.9 Å². The van der Waals surface area contributed by atoms with Gasteiger partial charge in [-0.1, -0.05) is 30.3 Å². The molecule has 5 heteroatoms. The topological polar surface area (TPSA) is 58.2 Å². The summed E-state index contributed by atoms with van der Waals surface area (Å²) in [4.78, 5) is 23.2. The summed E-state index contributed by atoms with van der Waals surface area (Å²) < 4.78 is 5.46. The van der Waals surface area contributed by atoms with E-state index in [0.29, 0.717) is 13.0 Å². The number of nitrogens with zero attached hydrogens (tertiary/aromatic N) is 2. The van der Waals surface area contributed by atoms with E-state index in [1.165, 1.54) is 10.9 Å². The molecule has 3 heterocycles. The highest BCUT2D eigenvalue weighted by atomic mass is 16.5. The maximum absolute atomic E-state index is 13.4. The standard InChI is InChI=1S/C26H25N3O2/c1-17-14-19(9-10-23(17)31-2)26-25-21(20-7-3-4-8-22(20)28-25)11-13-29(26)24(30)15-18-6-5-12-27-16-18/h3-10,12,14,16,26,28H,11,13,15H2,1-2H3/t26-/m1/s1. The summed E-state index contributed by atoms with van der Waals surface area (Å²) in [7, 11) is 1.68. The molecule has 2 aromatic carbocycles. The normalized spacial score (nSPS) is 15.7. The first-order valence-corrected chi connectivity index (χ1v) is 10.6. The Balaban J connectivity index is 1.60. The molecule has 5 rings (SSSR count). The van der Waals surface area contributed by atoms with Crippen molar-refractivity contribution < 1.29 is 9.53 Å². The minimum Gasteiger partial charge on any atom is -0.496 e. The number of nitrogens with one attached hydrogen (secondary N) is 1. The van der Waals surface area contributed by atoms with Crippen LogP contribution in [0.25, 0.3) is 10.9 Å². The zero-order valence-electron chi connectivity index (χ0n) is 17.8. The molecule has 1 aliphatic rings. The van der Waals surface area contributed by atoms with Crippen LogP contribution in [-0.4, -0.2) is 34.4 Å². The Morgan fingerprint density at radius 2 is 2.06 bits per heavy atom. The van der Waals surface area contributed by atoms with Crippen LogP contribution in [0.2, 0.25) is 0 Å². The molecule has 5 nitrogen and oxygen atoms in total. The number of carbonyl (C=O) groups excluding carboxylic acids is 1. The fourth-order valence-corrected chi connectivity index (χ4v) is 4.71. The number of para-hydroxylation sites is 1. The molecule has 0 radical (unpaired) electrons. The molecule has 1 atom stereocenters. The number of aryl methyl sites for hydroxylation is 1. The summed E-state index contributed by atoms with van der Waals surface area (Å²) in [6.07, 6.45) is 4.68. The van der Waals surface area contributed by atoms with E-state index in [0.717, 1.165) is 40.1 Å². The highest BCUT2D eigenvalue weighted by molar-refractivity contribution is 5.87. The summed E-state index contributed by atoms with van der Waals surface area (Å²) >= 11 is 0. The second kappa shape index (κ2) is 7.91. The van der Waals surface area contributed by atoms with Crippen molar-refractivity contribution in [3.8, 4) is 5.75 Å². The van der Waals surface area contributed by atoms with E-state index in [4.69, 9.17) is 4.74 Å². The number of pyridine rings is 1. The van der Waals surface area contributed by atoms with Crippen molar-refractivity contribution in [2.45, 2.75) is 25.8 Å². The fraction of sp³-hybridized carbons (Fsp3) is 0.231. The molecule has 0 saturated carbocycles. The predicted octanol–water partition coefficient (Wildman–Crippen LogP) is 4.60. The Morgan fingerprint density at radius 1 is 1.19 bits per heavy atom. The smallest absolute Gasteiger partial charge is 0.227 e. The third kappa shape index (κ3) is 3.46. The fourth-order valence-electron chi connectivity index (χ4n) is 4.71. The van der Waals surface area contributed by atoms with Gasteiger partial charge < -0.3 is 14.6 Å². The number of amides is 1. The summed E-state index contributed by atoms with van der Waals surface area (Å²) in [5, 5.41) is 1.24. The van der Waals surface area contributed by atoms with Gasteiger partial charge in [0.1, 0.15) is 5.75 Å². The summed E-state index contributed by atoms with van der Waals surface area (Å²) in [6.45, 7) is 2.72. The number of ether oxygens (including phenoxy) is 1. The first-order chi connectivity index (χ1) is 15.2. The first kappa shape index (κ1) is 19.4. The van der Waals surface area contributed by atoms with Crippen LogP contribution in [0.15, 0.2) is 67.0 Å². The third-order valence-electron chi connectivity index (χ3n) is 6.17. The van der Waals surface area contributed by atoms with Crippen LogP contribution < -0.4 is 4.74 Å². The molecule has 0 spiro atoms. The van der Waals surface area contributed by atoms with Gasteiger partial charge in [0.15, 0.2) is 0 Å². The number of aromatic amines is 1. The minimum absolute atomic E-state index is 0.107. The van der Waals surface area contributed by atoms with Crippen molar-refractivity contribution >= 4 is 16.8 Å². The van der Waals surface area contributed by atoms with Crippen LogP contribution >= 0.6 is 0 Å². The van der Waals surface area contributed by atoms with E-state index < -0.39 is 0 Å². The molecule has 0 unspecified atom stereocenters. The van der Waals surface area contributed by atoms with Gasteiger partial charge in [-0.3, -0.25) is 9.78 Å². The molecule has 4 aromatic rings. The lowest BCUT2D eigenvalue weighted by molar-refractivity contribution is -0.132. The van der Waals surface area contributed by atoms with E-state index in [9.17, 15) is 4.79 Å². The molecule has 0 fully saturated rings. The molecule has 0 saturated heterocycles. The van der Waals surface area contributed by atoms with E-state index >= 15 is 0 Å². The van der Waals surface area contributed by atoms with Crippen molar-refractivity contribution in [2.24, 2.45) is 0 Å². The molecule has 2 aromatic heterocycles. The number of hydrogen-bond acceptors (Lipinski definition) is 3. The molecule has 1 amide bonds. The highest BCUT2D eigenvalue weighted by Gasteiger charge is 2.34. The number of fused-ring (bicyclic) bond motifs is 3. The average Bonchev–Trinajstić information content (AvgIpc) is 3.17. The lowest BCUT2D eigenvalue weighted by Gasteiger charge is -2.36. The van der Waals surface area contributed by atoms with E-state index in [2.05, 4.69) is 40.3 Å². The molecule has 1 N–H and O–H groups in total. The van der Waals surface area contributed by atoms with Gasteiger partial charge in [-0.2, -0.15) is 0 Å². The second-order valence-corrected chi connectivity index (χ2v) is 8.07. The minimum atomic E-state index is -0.162. The Labute approximate surface area is 181 Å². The first-order valence-electron chi connectivity index (χ1n) is 10.6. The van der Waals surface area contributed by atoms with Crippen LogP contribution in [0.3, 0.4) is 0 Å². The molecule has 31 heavy (non-hydrogen) atoms.